The van der Waals surface area contributed by atoms with Gasteiger partial charge in [-0.3, -0.25) is 9.59 Å². The number of rotatable bonds is 6. The van der Waals surface area contributed by atoms with Gasteiger partial charge in [0.1, 0.15) is 13.2 Å². The zero-order valence-electron chi connectivity index (χ0n) is 11.3. The molecule has 20 heavy (non-hydrogen) atoms. The summed E-state index contributed by atoms with van der Waals surface area (Å²) < 4.78 is 4.78. The van der Waals surface area contributed by atoms with Gasteiger partial charge in [0, 0.05) is 25.0 Å². The van der Waals surface area contributed by atoms with Crippen LogP contribution in [0.1, 0.15) is 25.7 Å². The fourth-order valence-corrected chi connectivity index (χ4v) is 2.25. The predicted molar refractivity (Wildman–Crippen MR) is 68.9 cm³/mol. The van der Waals surface area contributed by atoms with Crippen molar-refractivity contribution in [3.8, 4) is 0 Å². The Morgan fingerprint density at radius 2 is 1.75 bits per heavy atom. The number of amides is 2. The van der Waals surface area contributed by atoms with Crippen molar-refractivity contribution < 1.29 is 24.2 Å². The Bertz CT molecular complexity index is 386. The molecule has 0 radical (unpaired) electrons. The van der Waals surface area contributed by atoms with Crippen molar-refractivity contribution in [3.05, 3.63) is 0 Å². The molecule has 2 amide bonds. The maximum absolute atomic E-state index is 11.7. The van der Waals surface area contributed by atoms with E-state index < -0.39 is 12.6 Å². The number of carbonyl (C=O) groups is 3. The molecule has 1 aliphatic heterocycles. The van der Waals surface area contributed by atoms with Gasteiger partial charge in [0.05, 0.1) is 0 Å². The second-order valence-electron chi connectivity index (χ2n) is 5.32. The summed E-state index contributed by atoms with van der Waals surface area (Å²) in [7, 11) is 0. The Morgan fingerprint density at radius 1 is 1.10 bits per heavy atom. The van der Waals surface area contributed by atoms with Crippen molar-refractivity contribution >= 4 is 17.8 Å². The van der Waals surface area contributed by atoms with Gasteiger partial charge in [-0.05, 0) is 25.7 Å². The Morgan fingerprint density at radius 3 is 2.30 bits per heavy atom. The summed E-state index contributed by atoms with van der Waals surface area (Å²) in [6, 6.07) is 0.145. The van der Waals surface area contributed by atoms with E-state index in [0.29, 0.717) is 13.1 Å². The first-order chi connectivity index (χ1) is 9.56. The van der Waals surface area contributed by atoms with E-state index in [1.165, 1.54) is 0 Å². The second-order valence-corrected chi connectivity index (χ2v) is 5.32. The van der Waals surface area contributed by atoms with Crippen LogP contribution in [0.3, 0.4) is 0 Å². The Hall–Kier alpha value is -1.63. The van der Waals surface area contributed by atoms with Gasteiger partial charge in [-0.15, -0.1) is 0 Å². The third-order valence-electron chi connectivity index (χ3n) is 3.59. The van der Waals surface area contributed by atoms with Gasteiger partial charge < -0.3 is 20.1 Å². The van der Waals surface area contributed by atoms with E-state index in [-0.39, 0.29) is 30.4 Å². The van der Waals surface area contributed by atoms with Crippen molar-refractivity contribution in [3.63, 3.8) is 0 Å². The van der Waals surface area contributed by atoms with E-state index >= 15 is 0 Å². The molecule has 0 aromatic heterocycles. The van der Waals surface area contributed by atoms with Crippen molar-refractivity contribution in [1.82, 2.24) is 10.2 Å². The van der Waals surface area contributed by atoms with Gasteiger partial charge in [0.2, 0.25) is 11.8 Å². The molecule has 2 rings (SSSR count). The molecule has 0 aromatic carbocycles. The second kappa shape index (κ2) is 6.69. The number of hydrogen-bond acceptors (Lipinski definition) is 4. The number of hydrogen-bond donors (Lipinski definition) is 2. The van der Waals surface area contributed by atoms with Crippen LogP contribution in [-0.4, -0.2) is 60.1 Å². The van der Waals surface area contributed by atoms with Crippen LogP contribution in [0.25, 0.3) is 0 Å². The van der Waals surface area contributed by atoms with E-state index in [1.807, 2.05) is 0 Å². The summed E-state index contributed by atoms with van der Waals surface area (Å²) >= 11 is 0. The molecule has 7 nitrogen and oxygen atoms in total. The van der Waals surface area contributed by atoms with E-state index in [1.54, 1.807) is 4.90 Å². The quantitative estimate of drug-likeness (QED) is 0.692. The van der Waals surface area contributed by atoms with Crippen LogP contribution >= 0.6 is 0 Å². The molecule has 1 aliphatic carbocycles. The number of nitrogens with zero attached hydrogens (tertiary/aromatic N) is 1. The molecule has 0 unspecified atom stereocenters. The van der Waals surface area contributed by atoms with E-state index in [4.69, 9.17) is 9.84 Å². The minimum atomic E-state index is -1.08. The first-order valence-electron chi connectivity index (χ1n) is 6.94. The summed E-state index contributed by atoms with van der Waals surface area (Å²) in [5.41, 5.74) is 0. The Balaban J connectivity index is 1.63. The van der Waals surface area contributed by atoms with Crippen LogP contribution in [0, 0.1) is 5.92 Å². The zero-order chi connectivity index (χ0) is 14.5. The zero-order valence-corrected chi connectivity index (χ0v) is 11.3. The fourth-order valence-electron chi connectivity index (χ4n) is 2.25. The number of aliphatic carboxylic acids is 1. The number of carboxylic acid groups (broad SMARTS) is 1. The Kier molecular flexibility index (Phi) is 4.94. The average molecular weight is 284 g/mol. The molecule has 0 bridgehead atoms. The molecule has 7 heteroatoms. The molecular weight excluding hydrogens is 264 g/mol. The molecule has 2 aliphatic rings. The molecule has 0 spiro atoms. The number of carboxylic acids is 1. The molecule has 1 saturated carbocycles. The molecule has 112 valence electrons. The van der Waals surface area contributed by atoms with Crippen LogP contribution < -0.4 is 5.32 Å². The number of likely N-dealkylation sites (tertiary alicyclic amines) is 1. The van der Waals surface area contributed by atoms with E-state index in [2.05, 4.69) is 5.32 Å². The van der Waals surface area contributed by atoms with Crippen molar-refractivity contribution in [1.29, 1.82) is 0 Å². The highest BCUT2D eigenvalue weighted by atomic mass is 16.5. The normalized spacial score (nSPS) is 19.7. The summed E-state index contributed by atoms with van der Waals surface area (Å²) in [5, 5.41) is 11.4. The molecule has 0 atom stereocenters. The van der Waals surface area contributed by atoms with Crippen LogP contribution in [-0.2, 0) is 19.1 Å². The van der Waals surface area contributed by atoms with Gasteiger partial charge in [-0.2, -0.15) is 0 Å². The summed E-state index contributed by atoms with van der Waals surface area (Å²) in [6.45, 7) is 0.487. The lowest BCUT2D eigenvalue weighted by Crippen LogP contribution is -2.47. The standard InChI is InChI=1S/C13H20N2O5/c16-11(7-20-8-12(17)18)15-5-3-10(4-6-15)14-13(19)9-1-2-9/h9-10H,1-8H2,(H,14,19)(H,17,18). The number of carbonyl (C=O) groups excluding carboxylic acids is 2. The van der Waals surface area contributed by atoms with Crippen molar-refractivity contribution in [2.45, 2.75) is 31.7 Å². The number of ether oxygens (including phenoxy) is 1. The predicted octanol–water partition coefficient (Wildman–Crippen LogP) is -0.395. The number of nitrogens with one attached hydrogen (secondary N) is 1. The molecular formula is C13H20N2O5. The minimum Gasteiger partial charge on any atom is -0.480 e. The molecule has 1 heterocycles. The maximum Gasteiger partial charge on any atom is 0.329 e. The first kappa shape index (κ1) is 14.8. The number of piperidine rings is 1. The van der Waals surface area contributed by atoms with E-state index in [9.17, 15) is 14.4 Å². The Labute approximate surface area is 117 Å². The highest BCUT2D eigenvalue weighted by Gasteiger charge is 2.32. The van der Waals surface area contributed by atoms with Crippen molar-refractivity contribution in [2.24, 2.45) is 5.92 Å². The third-order valence-corrected chi connectivity index (χ3v) is 3.59. The lowest BCUT2D eigenvalue weighted by atomic mass is 10.0. The smallest absolute Gasteiger partial charge is 0.329 e. The van der Waals surface area contributed by atoms with Crippen LogP contribution in [0.15, 0.2) is 0 Å². The third kappa shape index (κ3) is 4.48. The lowest BCUT2D eigenvalue weighted by molar-refractivity contribution is -0.146. The molecule has 0 aromatic rings. The topological polar surface area (TPSA) is 95.9 Å². The largest absolute Gasteiger partial charge is 0.480 e. The summed E-state index contributed by atoms with van der Waals surface area (Å²) in [6.07, 6.45) is 3.46. The SMILES string of the molecule is O=C(O)COCC(=O)N1CCC(NC(=O)C2CC2)CC1. The fraction of sp³-hybridized carbons (Fsp3) is 0.769. The molecule has 1 saturated heterocycles. The minimum absolute atomic E-state index is 0.138. The summed E-state index contributed by atoms with van der Waals surface area (Å²) in [5.74, 6) is -0.934. The van der Waals surface area contributed by atoms with Gasteiger partial charge in [0.15, 0.2) is 0 Å². The van der Waals surface area contributed by atoms with Crippen LogP contribution in [0.5, 0.6) is 0 Å². The average Bonchev–Trinajstić information content (AvgIpc) is 3.23. The maximum atomic E-state index is 11.7. The van der Waals surface area contributed by atoms with E-state index in [0.717, 1.165) is 25.7 Å². The lowest BCUT2D eigenvalue weighted by Gasteiger charge is -2.32. The highest BCUT2D eigenvalue weighted by molar-refractivity contribution is 5.81. The van der Waals surface area contributed by atoms with Crippen LogP contribution in [0.2, 0.25) is 0 Å². The highest BCUT2D eigenvalue weighted by Crippen LogP contribution is 2.29. The molecule has 2 N–H and O–H groups in total. The van der Waals surface area contributed by atoms with Gasteiger partial charge in [-0.1, -0.05) is 0 Å². The molecule has 2 fully saturated rings. The monoisotopic (exact) mass is 284 g/mol. The van der Waals surface area contributed by atoms with Gasteiger partial charge in [-0.25, -0.2) is 4.79 Å². The van der Waals surface area contributed by atoms with Gasteiger partial charge in [0.25, 0.3) is 0 Å². The first-order valence-corrected chi connectivity index (χ1v) is 6.94. The van der Waals surface area contributed by atoms with Gasteiger partial charge >= 0.3 is 5.97 Å². The van der Waals surface area contributed by atoms with Crippen LogP contribution in [0.4, 0.5) is 0 Å². The van der Waals surface area contributed by atoms with Crippen molar-refractivity contribution in [2.75, 3.05) is 26.3 Å². The summed E-state index contributed by atoms with van der Waals surface area (Å²) in [4.78, 5) is 35.3.